The van der Waals surface area contributed by atoms with E-state index in [1.54, 1.807) is 48.8 Å². The lowest BCUT2D eigenvalue weighted by Gasteiger charge is -2.10. The number of hydrogen-bond acceptors (Lipinski definition) is 10. The van der Waals surface area contributed by atoms with Gasteiger partial charge in [-0.25, -0.2) is 38.7 Å². The number of aromatic nitrogens is 6. The average Bonchev–Trinajstić information content (AvgIpc) is 3.24. The first-order valence-corrected chi connectivity index (χ1v) is 18.4. The van der Waals surface area contributed by atoms with Crippen molar-refractivity contribution >= 4 is 57.2 Å². The molecule has 0 saturated carbocycles. The Kier molecular flexibility index (Phi) is 13.5. The zero-order valence-corrected chi connectivity index (χ0v) is 31.9. The second-order valence-electron chi connectivity index (χ2n) is 12.4. The molecule has 58 heavy (non-hydrogen) atoms. The summed E-state index contributed by atoms with van der Waals surface area (Å²) in [5.74, 6) is -1.41. The van der Waals surface area contributed by atoms with Crippen molar-refractivity contribution in [3.8, 4) is 28.0 Å². The van der Waals surface area contributed by atoms with Crippen molar-refractivity contribution in [2.24, 2.45) is 11.5 Å². The quantitative estimate of drug-likeness (QED) is 0.101. The number of alkyl halides is 1. The normalized spacial score (nSPS) is 10.5. The number of rotatable bonds is 9. The van der Waals surface area contributed by atoms with Gasteiger partial charge in [0.1, 0.15) is 41.4 Å². The molecular weight excluding hydrogens is 809 g/mol. The molecule has 0 atom stereocenters. The highest BCUT2D eigenvalue weighted by atomic mass is 79.9. The SMILES string of the molecule is NC(=O)c1cc(-c2ccc(F)cc2)c2ccc(CBr)cc2n1.NC(=O)c1cc(-c2ccc(F)cc2)c2ccc(Cc3cncnc3)cc2n1.O[B]Oc1cncnc1. The van der Waals surface area contributed by atoms with Crippen LogP contribution < -0.4 is 16.1 Å². The van der Waals surface area contributed by atoms with Crippen LogP contribution in [0.2, 0.25) is 0 Å². The van der Waals surface area contributed by atoms with E-state index in [1.165, 1.54) is 49.3 Å². The fraction of sp³-hybridized carbons (Fsp3) is 0.0476. The van der Waals surface area contributed by atoms with Crippen molar-refractivity contribution in [2.45, 2.75) is 11.8 Å². The summed E-state index contributed by atoms with van der Waals surface area (Å²) in [7, 11) is 0.582. The topological polar surface area (TPSA) is 193 Å². The Morgan fingerprint density at radius 3 is 1.52 bits per heavy atom. The first-order chi connectivity index (χ1) is 28.1. The van der Waals surface area contributed by atoms with Gasteiger partial charge in [-0.3, -0.25) is 9.59 Å². The van der Waals surface area contributed by atoms with E-state index in [1.807, 2.05) is 36.4 Å². The molecule has 287 valence electrons. The molecule has 0 spiro atoms. The number of benzene rings is 4. The Morgan fingerprint density at radius 2 is 1.07 bits per heavy atom. The average molecular weight is 840 g/mol. The zero-order chi connectivity index (χ0) is 41.0. The van der Waals surface area contributed by atoms with E-state index in [2.05, 4.69) is 50.5 Å². The summed E-state index contributed by atoms with van der Waals surface area (Å²) in [6.45, 7) is 0. The summed E-state index contributed by atoms with van der Waals surface area (Å²) < 4.78 is 30.9. The van der Waals surface area contributed by atoms with Crippen molar-refractivity contribution < 1.29 is 28.0 Å². The third kappa shape index (κ3) is 10.4. The van der Waals surface area contributed by atoms with Gasteiger partial charge in [0, 0.05) is 34.9 Å². The lowest BCUT2D eigenvalue weighted by Crippen LogP contribution is -2.13. The van der Waals surface area contributed by atoms with Gasteiger partial charge in [0.05, 0.1) is 23.4 Å². The maximum atomic E-state index is 13.3. The lowest BCUT2D eigenvalue weighted by molar-refractivity contribution is 0.0987. The van der Waals surface area contributed by atoms with E-state index in [-0.39, 0.29) is 23.0 Å². The first kappa shape index (κ1) is 40.6. The van der Waals surface area contributed by atoms with Crippen LogP contribution in [0.25, 0.3) is 44.1 Å². The fourth-order valence-electron chi connectivity index (χ4n) is 5.79. The number of nitrogens with two attached hydrogens (primary N) is 2. The van der Waals surface area contributed by atoms with Crippen molar-refractivity contribution in [3.05, 3.63) is 174 Å². The van der Waals surface area contributed by atoms with Gasteiger partial charge in [-0.15, -0.1) is 0 Å². The molecule has 1 radical (unpaired) electrons. The zero-order valence-electron chi connectivity index (χ0n) is 30.3. The van der Waals surface area contributed by atoms with E-state index in [9.17, 15) is 18.4 Å². The van der Waals surface area contributed by atoms with E-state index in [4.69, 9.17) is 16.5 Å². The van der Waals surface area contributed by atoms with Crippen molar-refractivity contribution in [2.75, 3.05) is 0 Å². The highest BCUT2D eigenvalue weighted by Gasteiger charge is 2.14. The highest BCUT2D eigenvalue weighted by molar-refractivity contribution is 9.08. The molecule has 0 fully saturated rings. The third-order valence-electron chi connectivity index (χ3n) is 8.47. The van der Waals surface area contributed by atoms with Crippen molar-refractivity contribution in [1.29, 1.82) is 0 Å². The van der Waals surface area contributed by atoms with Crippen LogP contribution in [0.3, 0.4) is 0 Å². The third-order valence-corrected chi connectivity index (χ3v) is 9.11. The number of nitrogens with zero attached hydrogens (tertiary/aromatic N) is 6. The molecule has 0 bridgehead atoms. The van der Waals surface area contributed by atoms with Gasteiger partial charge in [-0.1, -0.05) is 64.5 Å². The predicted molar refractivity (Wildman–Crippen MR) is 219 cm³/mol. The Bertz CT molecular complexity index is 2680. The van der Waals surface area contributed by atoms with Gasteiger partial charge in [0.15, 0.2) is 0 Å². The lowest BCUT2D eigenvalue weighted by atomic mass is 9.97. The molecule has 4 aromatic heterocycles. The summed E-state index contributed by atoms with van der Waals surface area (Å²) >= 11 is 3.40. The molecule has 8 aromatic rings. The first-order valence-electron chi connectivity index (χ1n) is 17.3. The molecule has 16 heteroatoms. The van der Waals surface area contributed by atoms with Crippen LogP contribution in [0.4, 0.5) is 8.78 Å². The summed E-state index contributed by atoms with van der Waals surface area (Å²) in [5, 5.41) is 10.6. The molecule has 8 rings (SSSR count). The minimum absolute atomic E-state index is 0.169. The van der Waals surface area contributed by atoms with Crippen molar-refractivity contribution in [3.63, 3.8) is 0 Å². The molecule has 4 heterocycles. The molecular formula is C42H31BBrF2N8O4. The number of pyridine rings is 2. The maximum absolute atomic E-state index is 13.3. The second kappa shape index (κ2) is 19.2. The molecule has 0 aliphatic rings. The molecule has 0 aliphatic carbocycles. The van der Waals surface area contributed by atoms with Crippen LogP contribution in [-0.4, -0.2) is 54.4 Å². The summed E-state index contributed by atoms with van der Waals surface area (Å²) in [4.78, 5) is 47.3. The minimum atomic E-state index is -0.609. The monoisotopic (exact) mass is 839 g/mol. The Morgan fingerprint density at radius 1 is 0.621 bits per heavy atom. The number of amides is 2. The Labute approximate surface area is 339 Å². The van der Waals surface area contributed by atoms with E-state index in [0.29, 0.717) is 36.2 Å². The van der Waals surface area contributed by atoms with Crippen LogP contribution in [0, 0.1) is 11.6 Å². The second-order valence-corrected chi connectivity index (χ2v) is 13.0. The number of fused-ring (bicyclic) bond motifs is 2. The van der Waals surface area contributed by atoms with Gasteiger partial charge >= 0.3 is 7.69 Å². The maximum Gasteiger partial charge on any atom is 0.569 e. The molecule has 2 amide bonds. The van der Waals surface area contributed by atoms with Crippen molar-refractivity contribution in [1.82, 2.24) is 29.9 Å². The van der Waals surface area contributed by atoms with E-state index in [0.717, 1.165) is 49.7 Å². The van der Waals surface area contributed by atoms with Crippen LogP contribution in [0.15, 0.2) is 135 Å². The summed E-state index contributed by atoms with van der Waals surface area (Å²) in [6, 6.07) is 27.2. The van der Waals surface area contributed by atoms with Crippen LogP contribution in [0.1, 0.15) is 37.7 Å². The van der Waals surface area contributed by atoms with Crippen LogP contribution in [-0.2, 0) is 11.8 Å². The number of halogens is 3. The smallest absolute Gasteiger partial charge is 0.535 e. The minimum Gasteiger partial charge on any atom is -0.535 e. The number of hydrogen-bond donors (Lipinski definition) is 3. The van der Waals surface area contributed by atoms with Gasteiger partial charge in [-0.05, 0) is 87.5 Å². The summed E-state index contributed by atoms with van der Waals surface area (Å²) in [6.07, 6.45) is 9.91. The molecule has 5 N–H and O–H groups in total. The van der Waals surface area contributed by atoms with Gasteiger partial charge in [0.2, 0.25) is 0 Å². The highest BCUT2D eigenvalue weighted by Crippen LogP contribution is 2.31. The molecule has 12 nitrogen and oxygen atoms in total. The molecule has 0 unspecified atom stereocenters. The Hall–Kier alpha value is -7.04. The number of primary amides is 2. The predicted octanol–water partition coefficient (Wildman–Crippen LogP) is 6.94. The molecule has 0 saturated heterocycles. The largest absolute Gasteiger partial charge is 0.569 e. The van der Waals surface area contributed by atoms with Gasteiger partial charge < -0.3 is 21.1 Å². The van der Waals surface area contributed by atoms with E-state index >= 15 is 0 Å². The standard InChI is InChI=1S/C21H15FN4O.C17H12BrFN2O.C4H4BN2O2/c22-16-4-2-15(3-5-16)18-9-20(21(23)27)26-19-8-13(1-6-17(18)19)7-14-10-24-12-25-11-14;18-9-10-1-6-13-14(11-2-4-12(19)5-3-11)8-16(17(20)22)21-15(13)7-10;8-5-9-4-1-6-3-7-2-4/h1-6,8-12H,7H2,(H2,23,27);1-8H,9H2,(H2,20,22);1-3,8H. The van der Waals surface area contributed by atoms with Gasteiger partial charge in [-0.2, -0.15) is 0 Å². The van der Waals surface area contributed by atoms with Crippen LogP contribution >= 0.6 is 15.9 Å². The van der Waals surface area contributed by atoms with E-state index < -0.39 is 11.8 Å². The van der Waals surface area contributed by atoms with Crippen LogP contribution in [0.5, 0.6) is 5.75 Å². The fourth-order valence-corrected chi connectivity index (χ4v) is 6.14. The summed E-state index contributed by atoms with van der Waals surface area (Å²) in [5.41, 5.74) is 18.8. The molecule has 0 aliphatic heterocycles. The number of carbonyl (C=O) groups excluding carboxylic acids is 2. The van der Waals surface area contributed by atoms with Gasteiger partial charge in [0.25, 0.3) is 11.8 Å². The Balaban J connectivity index is 0.000000164. The molecule has 4 aromatic carbocycles. The number of carbonyl (C=O) groups is 2.